The minimum atomic E-state index is -0.955. The summed E-state index contributed by atoms with van der Waals surface area (Å²) in [7, 11) is 1.53. The van der Waals surface area contributed by atoms with Gasteiger partial charge >= 0.3 is 0 Å². The Kier molecular flexibility index (Phi) is 5.98. The van der Waals surface area contributed by atoms with Gasteiger partial charge in [-0.05, 0) is 18.9 Å². The third-order valence-corrected chi connectivity index (χ3v) is 3.21. The van der Waals surface area contributed by atoms with Gasteiger partial charge in [0.25, 0.3) is 0 Å². The maximum Gasteiger partial charge on any atom is 0.244 e. The molecule has 1 amide bonds. The Labute approximate surface area is 120 Å². The molecule has 5 nitrogen and oxygen atoms in total. The average Bonchev–Trinajstić information content (AvgIpc) is 2.47. The number of carbonyl (C=O) groups is 1. The molecule has 1 aromatic heterocycles. The minimum absolute atomic E-state index is 0.254. The van der Waals surface area contributed by atoms with Crippen LogP contribution in [0.5, 0.6) is 5.88 Å². The van der Waals surface area contributed by atoms with E-state index in [-0.39, 0.29) is 5.91 Å². The van der Waals surface area contributed by atoms with Crippen molar-refractivity contribution in [2.45, 2.75) is 39.5 Å². The average molecular weight is 275 g/mol. The van der Waals surface area contributed by atoms with E-state index in [9.17, 15) is 10.1 Å². The molecule has 1 aromatic rings. The van der Waals surface area contributed by atoms with Crippen molar-refractivity contribution in [1.82, 2.24) is 4.98 Å². The number of pyridine rings is 1. The van der Waals surface area contributed by atoms with Gasteiger partial charge in [-0.2, -0.15) is 5.26 Å². The predicted octanol–water partition coefficient (Wildman–Crippen LogP) is 3.14. The van der Waals surface area contributed by atoms with Gasteiger partial charge in [-0.25, -0.2) is 4.98 Å². The highest BCUT2D eigenvalue weighted by atomic mass is 16.5. The van der Waals surface area contributed by atoms with Crippen molar-refractivity contribution < 1.29 is 9.53 Å². The Morgan fingerprint density at radius 1 is 1.40 bits per heavy atom. The van der Waals surface area contributed by atoms with Crippen LogP contribution in [0.2, 0.25) is 0 Å². The Morgan fingerprint density at radius 3 is 2.45 bits per heavy atom. The van der Waals surface area contributed by atoms with E-state index in [1.807, 2.05) is 13.8 Å². The zero-order valence-corrected chi connectivity index (χ0v) is 12.3. The zero-order valence-electron chi connectivity index (χ0n) is 12.3. The lowest BCUT2D eigenvalue weighted by Gasteiger charge is -2.24. The smallest absolute Gasteiger partial charge is 0.244 e. The summed E-state index contributed by atoms with van der Waals surface area (Å²) >= 11 is 0. The van der Waals surface area contributed by atoms with Gasteiger partial charge < -0.3 is 10.1 Å². The number of ether oxygens (including phenoxy) is 1. The van der Waals surface area contributed by atoms with E-state index in [1.165, 1.54) is 13.3 Å². The lowest BCUT2D eigenvalue weighted by atomic mass is 9.79. The first-order chi connectivity index (χ1) is 9.61. The molecular weight excluding hydrogens is 254 g/mol. The molecule has 0 saturated heterocycles. The number of amides is 1. The van der Waals surface area contributed by atoms with E-state index in [0.29, 0.717) is 24.4 Å². The summed E-state index contributed by atoms with van der Waals surface area (Å²) in [5, 5.41) is 12.2. The van der Waals surface area contributed by atoms with Gasteiger partial charge in [0, 0.05) is 6.07 Å². The molecule has 1 heterocycles. The van der Waals surface area contributed by atoms with Crippen LogP contribution in [0.3, 0.4) is 0 Å². The summed E-state index contributed by atoms with van der Waals surface area (Å²) in [6.07, 6.45) is 4.24. The number of methoxy groups -OCH3 is 1. The van der Waals surface area contributed by atoms with Gasteiger partial charge in [-0.3, -0.25) is 4.79 Å². The number of nitriles is 1. The first-order valence-corrected chi connectivity index (χ1v) is 6.84. The first kappa shape index (κ1) is 16.0. The Bertz CT molecular complexity index is 471. The van der Waals surface area contributed by atoms with E-state index < -0.39 is 5.41 Å². The van der Waals surface area contributed by atoms with Crippen LogP contribution in [0.4, 0.5) is 5.69 Å². The van der Waals surface area contributed by atoms with Crippen LogP contribution in [-0.4, -0.2) is 18.0 Å². The normalized spacial score (nSPS) is 10.7. The zero-order chi connectivity index (χ0) is 15.0. The molecule has 0 fully saturated rings. The molecule has 0 atom stereocenters. The quantitative estimate of drug-likeness (QED) is 0.829. The van der Waals surface area contributed by atoms with Crippen molar-refractivity contribution in [2.75, 3.05) is 12.4 Å². The molecule has 0 aliphatic carbocycles. The van der Waals surface area contributed by atoms with Gasteiger partial charge in [-0.15, -0.1) is 0 Å². The van der Waals surface area contributed by atoms with Gasteiger partial charge in [-0.1, -0.05) is 26.7 Å². The maximum absolute atomic E-state index is 12.4. The van der Waals surface area contributed by atoms with Gasteiger partial charge in [0.05, 0.1) is 25.1 Å². The summed E-state index contributed by atoms with van der Waals surface area (Å²) in [5.74, 6) is 0.229. The largest absolute Gasteiger partial charge is 0.481 e. The monoisotopic (exact) mass is 275 g/mol. The fraction of sp³-hybridized carbons (Fsp3) is 0.533. The highest BCUT2D eigenvalue weighted by Gasteiger charge is 2.36. The van der Waals surface area contributed by atoms with E-state index in [4.69, 9.17) is 4.74 Å². The number of hydrogen-bond acceptors (Lipinski definition) is 4. The van der Waals surface area contributed by atoms with Crippen molar-refractivity contribution in [1.29, 1.82) is 5.26 Å². The third-order valence-electron chi connectivity index (χ3n) is 3.21. The third kappa shape index (κ3) is 3.70. The Hall–Kier alpha value is -2.09. The molecule has 1 rings (SSSR count). The Morgan fingerprint density at radius 2 is 2.05 bits per heavy atom. The number of carbonyl (C=O) groups excluding carboxylic acids is 1. The van der Waals surface area contributed by atoms with Crippen LogP contribution in [0.15, 0.2) is 18.3 Å². The second-order valence-corrected chi connectivity index (χ2v) is 4.74. The lowest BCUT2D eigenvalue weighted by molar-refractivity contribution is -0.123. The fourth-order valence-corrected chi connectivity index (χ4v) is 2.19. The van der Waals surface area contributed by atoms with E-state index in [1.54, 1.807) is 12.1 Å². The molecule has 0 bridgehead atoms. The molecule has 108 valence electrons. The molecule has 0 spiro atoms. The highest BCUT2D eigenvalue weighted by molar-refractivity contribution is 5.97. The molecule has 0 radical (unpaired) electrons. The molecule has 0 aromatic carbocycles. The highest BCUT2D eigenvalue weighted by Crippen LogP contribution is 2.30. The van der Waals surface area contributed by atoms with Crippen molar-refractivity contribution in [2.24, 2.45) is 5.41 Å². The van der Waals surface area contributed by atoms with E-state index >= 15 is 0 Å². The number of anilines is 1. The van der Waals surface area contributed by atoms with E-state index in [2.05, 4.69) is 16.4 Å². The van der Waals surface area contributed by atoms with E-state index in [0.717, 1.165) is 12.8 Å². The summed E-state index contributed by atoms with van der Waals surface area (Å²) in [5.41, 5.74) is -0.383. The van der Waals surface area contributed by atoms with Crippen LogP contribution in [0.1, 0.15) is 39.5 Å². The lowest BCUT2D eigenvalue weighted by Crippen LogP contribution is -2.35. The summed E-state index contributed by atoms with van der Waals surface area (Å²) in [4.78, 5) is 16.4. The number of nitrogens with zero attached hydrogens (tertiary/aromatic N) is 2. The number of aromatic nitrogens is 1. The molecular formula is C15H21N3O2. The molecule has 0 aliphatic rings. The molecule has 0 aliphatic heterocycles. The second kappa shape index (κ2) is 7.49. The summed E-state index contributed by atoms with van der Waals surface area (Å²) < 4.78 is 4.96. The minimum Gasteiger partial charge on any atom is -0.481 e. The first-order valence-electron chi connectivity index (χ1n) is 6.84. The van der Waals surface area contributed by atoms with Crippen molar-refractivity contribution >= 4 is 11.6 Å². The molecule has 1 N–H and O–H groups in total. The maximum atomic E-state index is 12.4. The number of rotatable bonds is 7. The van der Waals surface area contributed by atoms with Crippen LogP contribution in [0.25, 0.3) is 0 Å². The fourth-order valence-electron chi connectivity index (χ4n) is 2.19. The van der Waals surface area contributed by atoms with Gasteiger partial charge in [0.2, 0.25) is 11.8 Å². The SMILES string of the molecule is CCCC(C#N)(CCC)C(=O)Nc1ccc(OC)nc1. The molecule has 0 saturated carbocycles. The Balaban J connectivity index is 2.87. The van der Waals surface area contributed by atoms with Crippen LogP contribution in [-0.2, 0) is 4.79 Å². The predicted molar refractivity (Wildman–Crippen MR) is 77.3 cm³/mol. The van der Waals surface area contributed by atoms with Crippen LogP contribution < -0.4 is 10.1 Å². The summed E-state index contributed by atoms with van der Waals surface area (Å²) in [6.45, 7) is 3.95. The second-order valence-electron chi connectivity index (χ2n) is 4.74. The number of nitrogens with one attached hydrogen (secondary N) is 1. The molecule has 5 heteroatoms. The van der Waals surface area contributed by atoms with Gasteiger partial charge in [0.15, 0.2) is 0 Å². The number of hydrogen-bond donors (Lipinski definition) is 1. The molecule has 20 heavy (non-hydrogen) atoms. The topological polar surface area (TPSA) is 75.0 Å². The van der Waals surface area contributed by atoms with Crippen LogP contribution in [0, 0.1) is 16.7 Å². The van der Waals surface area contributed by atoms with Crippen molar-refractivity contribution in [3.63, 3.8) is 0 Å². The van der Waals surface area contributed by atoms with Crippen LogP contribution >= 0.6 is 0 Å². The van der Waals surface area contributed by atoms with Crippen molar-refractivity contribution in [3.05, 3.63) is 18.3 Å². The molecule has 0 unspecified atom stereocenters. The van der Waals surface area contributed by atoms with Gasteiger partial charge in [0.1, 0.15) is 5.41 Å². The van der Waals surface area contributed by atoms with Crippen molar-refractivity contribution in [3.8, 4) is 11.9 Å². The summed E-state index contributed by atoms with van der Waals surface area (Å²) in [6, 6.07) is 5.58. The standard InChI is InChI=1S/C15H21N3O2/c1-4-8-15(11-16,9-5-2)14(19)18-12-6-7-13(20-3)17-10-12/h6-7,10H,4-5,8-9H2,1-3H3,(H,18,19).